The van der Waals surface area contributed by atoms with Crippen LogP contribution in [0.15, 0.2) is 36.5 Å². The minimum absolute atomic E-state index is 0.0538. The second-order valence-corrected chi connectivity index (χ2v) is 4.33. The van der Waals surface area contributed by atoms with E-state index in [4.69, 9.17) is 16.3 Å². The highest BCUT2D eigenvalue weighted by atomic mass is 35.5. The third kappa shape index (κ3) is 3.58. The van der Waals surface area contributed by atoms with Crippen molar-refractivity contribution < 1.29 is 9.13 Å². The second kappa shape index (κ2) is 6.38. The number of ether oxygens (including phenoxy) is 1. The molecule has 0 aliphatic heterocycles. The molecule has 1 aromatic heterocycles. The van der Waals surface area contributed by atoms with Gasteiger partial charge in [0.1, 0.15) is 12.4 Å². The Kier molecular flexibility index (Phi) is 4.58. The molecular weight excluding hydrogens is 267 g/mol. The predicted octanol–water partition coefficient (Wildman–Crippen LogP) is 3.88. The van der Waals surface area contributed by atoms with E-state index in [9.17, 15) is 4.39 Å². The molecule has 5 heteroatoms. The molecule has 2 aromatic rings. The minimum atomic E-state index is -0.540. The predicted molar refractivity (Wildman–Crippen MR) is 74.1 cm³/mol. The summed E-state index contributed by atoms with van der Waals surface area (Å²) >= 11 is 5.68. The van der Waals surface area contributed by atoms with E-state index in [0.29, 0.717) is 0 Å². The molecule has 100 valence electrons. The summed E-state index contributed by atoms with van der Waals surface area (Å²) in [5, 5.41) is 3.15. The van der Waals surface area contributed by atoms with Gasteiger partial charge in [-0.3, -0.25) is 0 Å². The van der Waals surface area contributed by atoms with Gasteiger partial charge in [-0.05, 0) is 25.1 Å². The van der Waals surface area contributed by atoms with Crippen LogP contribution >= 0.6 is 11.6 Å². The Balaban J connectivity index is 2.00. The van der Waals surface area contributed by atoms with Gasteiger partial charge in [-0.1, -0.05) is 23.7 Å². The van der Waals surface area contributed by atoms with Crippen LogP contribution in [0, 0.1) is 5.82 Å². The van der Waals surface area contributed by atoms with Crippen LogP contribution in [0.2, 0.25) is 5.02 Å². The van der Waals surface area contributed by atoms with Gasteiger partial charge >= 0.3 is 0 Å². The number of halogens is 2. The maximum absolute atomic E-state index is 13.6. The molecular formula is C14H14ClFN2O. The molecule has 0 fully saturated rings. The van der Waals surface area contributed by atoms with Crippen molar-refractivity contribution in [2.75, 3.05) is 11.9 Å². The van der Waals surface area contributed by atoms with Crippen LogP contribution in [0.5, 0.6) is 5.75 Å². The Bertz CT molecular complexity index is 546. The van der Waals surface area contributed by atoms with Gasteiger partial charge in [0, 0.05) is 18.3 Å². The smallest absolute Gasteiger partial charge is 0.183 e. The number of nitrogens with zero attached hydrogens (tertiary/aromatic N) is 1. The second-order valence-electron chi connectivity index (χ2n) is 3.92. The third-order valence-corrected chi connectivity index (χ3v) is 2.79. The topological polar surface area (TPSA) is 34.1 Å². The summed E-state index contributed by atoms with van der Waals surface area (Å²) in [6, 6.07) is 8.41. The Morgan fingerprint density at radius 3 is 2.84 bits per heavy atom. The zero-order valence-electron chi connectivity index (χ0n) is 10.5. The summed E-state index contributed by atoms with van der Waals surface area (Å²) < 4.78 is 19.0. The van der Waals surface area contributed by atoms with Crippen LogP contribution in [-0.2, 0) is 6.61 Å². The van der Waals surface area contributed by atoms with Gasteiger partial charge in [0.15, 0.2) is 11.6 Å². The van der Waals surface area contributed by atoms with Crippen molar-refractivity contribution >= 4 is 17.4 Å². The van der Waals surface area contributed by atoms with Gasteiger partial charge in [-0.15, -0.1) is 0 Å². The van der Waals surface area contributed by atoms with E-state index in [1.54, 1.807) is 18.3 Å². The molecule has 0 spiro atoms. The fraction of sp³-hybridized carbons (Fsp3) is 0.214. The van der Waals surface area contributed by atoms with E-state index >= 15 is 0 Å². The average Bonchev–Trinajstić information content (AvgIpc) is 2.42. The van der Waals surface area contributed by atoms with Crippen LogP contribution in [0.3, 0.4) is 0 Å². The highest BCUT2D eigenvalue weighted by Gasteiger charge is 2.07. The normalized spacial score (nSPS) is 10.3. The minimum Gasteiger partial charge on any atom is -0.486 e. The molecule has 0 unspecified atom stereocenters. The molecule has 0 radical (unpaired) electrons. The van der Waals surface area contributed by atoms with Crippen LogP contribution in [-0.4, -0.2) is 11.5 Å². The van der Waals surface area contributed by atoms with Crippen molar-refractivity contribution in [1.29, 1.82) is 0 Å². The fourth-order valence-corrected chi connectivity index (χ4v) is 1.72. The molecule has 1 heterocycles. The van der Waals surface area contributed by atoms with Gasteiger partial charge in [-0.25, -0.2) is 9.37 Å². The van der Waals surface area contributed by atoms with Crippen molar-refractivity contribution in [2.45, 2.75) is 13.5 Å². The molecule has 0 bridgehead atoms. The fourth-order valence-electron chi connectivity index (χ4n) is 1.55. The maximum Gasteiger partial charge on any atom is 0.183 e. The van der Waals surface area contributed by atoms with E-state index in [-0.39, 0.29) is 17.4 Å². The average molecular weight is 281 g/mol. The van der Waals surface area contributed by atoms with Crippen molar-refractivity contribution in [3.8, 4) is 5.75 Å². The lowest BCUT2D eigenvalue weighted by molar-refractivity contribution is 0.290. The summed E-state index contributed by atoms with van der Waals surface area (Å²) in [6.07, 6.45) is 1.69. The number of hydrogen-bond donors (Lipinski definition) is 1. The van der Waals surface area contributed by atoms with Crippen molar-refractivity contribution in [3.05, 3.63) is 52.9 Å². The number of nitrogens with one attached hydrogen (secondary N) is 1. The van der Waals surface area contributed by atoms with E-state index in [2.05, 4.69) is 10.3 Å². The van der Waals surface area contributed by atoms with E-state index < -0.39 is 5.82 Å². The zero-order valence-corrected chi connectivity index (χ0v) is 11.2. The first kappa shape index (κ1) is 13.6. The highest BCUT2D eigenvalue weighted by Crippen LogP contribution is 2.24. The van der Waals surface area contributed by atoms with Crippen molar-refractivity contribution in [2.24, 2.45) is 0 Å². The molecule has 0 aliphatic rings. The van der Waals surface area contributed by atoms with E-state index in [0.717, 1.165) is 17.9 Å². The summed E-state index contributed by atoms with van der Waals surface area (Å²) in [5.74, 6) is 0.407. The van der Waals surface area contributed by atoms with E-state index in [1.165, 1.54) is 6.07 Å². The zero-order chi connectivity index (χ0) is 13.7. The quantitative estimate of drug-likeness (QED) is 0.902. The SMILES string of the molecule is CCNc1ccc(COc2cccc(Cl)c2F)cn1. The van der Waals surface area contributed by atoms with Crippen LogP contribution in [0.25, 0.3) is 0 Å². The molecule has 0 atom stereocenters. The third-order valence-electron chi connectivity index (χ3n) is 2.49. The maximum atomic E-state index is 13.6. The Labute approximate surface area is 116 Å². The summed E-state index contributed by atoms with van der Waals surface area (Å²) in [5.41, 5.74) is 0.862. The number of hydrogen-bond acceptors (Lipinski definition) is 3. The number of anilines is 1. The standard InChI is InChI=1S/C14H14ClFN2O/c1-2-17-13-7-6-10(8-18-13)9-19-12-5-3-4-11(15)14(12)16/h3-8H,2,9H2,1H3,(H,17,18). The van der Waals surface area contributed by atoms with Crippen LogP contribution in [0.4, 0.5) is 10.2 Å². The van der Waals surface area contributed by atoms with E-state index in [1.807, 2.05) is 19.1 Å². The lowest BCUT2D eigenvalue weighted by atomic mass is 10.3. The molecule has 0 saturated carbocycles. The van der Waals surface area contributed by atoms with Gasteiger partial charge in [0.05, 0.1) is 5.02 Å². The van der Waals surface area contributed by atoms with Gasteiger partial charge in [-0.2, -0.15) is 0 Å². The van der Waals surface area contributed by atoms with Crippen molar-refractivity contribution in [1.82, 2.24) is 4.98 Å². The summed E-state index contributed by atoms with van der Waals surface area (Å²) in [6.45, 7) is 3.06. The Hall–Kier alpha value is -1.81. The number of benzene rings is 1. The van der Waals surface area contributed by atoms with Crippen molar-refractivity contribution in [3.63, 3.8) is 0 Å². The molecule has 1 N–H and O–H groups in total. The first-order valence-corrected chi connectivity index (χ1v) is 6.34. The molecule has 2 rings (SSSR count). The van der Waals surface area contributed by atoms with Gasteiger partial charge in [0.2, 0.25) is 0 Å². The number of aromatic nitrogens is 1. The summed E-state index contributed by atoms with van der Waals surface area (Å²) in [7, 11) is 0. The molecule has 1 aromatic carbocycles. The lowest BCUT2D eigenvalue weighted by Crippen LogP contribution is -2.01. The molecule has 0 saturated heterocycles. The first-order valence-electron chi connectivity index (χ1n) is 5.96. The van der Waals surface area contributed by atoms with Crippen LogP contribution < -0.4 is 10.1 Å². The number of rotatable bonds is 5. The lowest BCUT2D eigenvalue weighted by Gasteiger charge is -2.08. The Morgan fingerprint density at radius 2 is 2.16 bits per heavy atom. The van der Waals surface area contributed by atoms with Gasteiger partial charge in [0.25, 0.3) is 0 Å². The molecule has 0 amide bonds. The highest BCUT2D eigenvalue weighted by molar-refractivity contribution is 6.30. The monoisotopic (exact) mass is 280 g/mol. The Morgan fingerprint density at radius 1 is 1.32 bits per heavy atom. The van der Waals surface area contributed by atoms with Crippen LogP contribution in [0.1, 0.15) is 12.5 Å². The molecule has 0 aliphatic carbocycles. The van der Waals surface area contributed by atoms with Gasteiger partial charge < -0.3 is 10.1 Å². The summed E-state index contributed by atoms with van der Waals surface area (Å²) in [4.78, 5) is 4.21. The number of pyridine rings is 1. The molecule has 3 nitrogen and oxygen atoms in total. The first-order chi connectivity index (χ1) is 9.20. The largest absolute Gasteiger partial charge is 0.486 e. The molecule has 19 heavy (non-hydrogen) atoms.